The number of aliphatic hydroxyl groups is 3. The fourth-order valence-electron chi connectivity index (χ4n) is 2.70. The standard InChI is InChI=1S/C13H19N5O5/c1-16(2)13-14-10-7(11(22)15-13)17(3)5-18(10)12-9(21)8(20)6(4-19)23-12/h5-6,8-9,12,19-21H,4H2,1-3H3/t6-,8?,9?,12-/m1/s1. The van der Waals surface area contributed by atoms with E-state index in [2.05, 4.69) is 9.97 Å². The molecular weight excluding hydrogens is 306 g/mol. The van der Waals surface area contributed by atoms with Crippen molar-refractivity contribution in [3.8, 4) is 5.88 Å². The van der Waals surface area contributed by atoms with Crippen molar-refractivity contribution in [2.45, 2.75) is 24.5 Å². The number of hydrogen-bond acceptors (Lipinski definition) is 8. The summed E-state index contributed by atoms with van der Waals surface area (Å²) in [5.41, 5.74) is 0.541. The van der Waals surface area contributed by atoms with E-state index in [1.807, 2.05) is 0 Å². The van der Waals surface area contributed by atoms with E-state index < -0.39 is 37.0 Å². The van der Waals surface area contributed by atoms with E-state index in [1.165, 1.54) is 9.13 Å². The van der Waals surface area contributed by atoms with Crippen molar-refractivity contribution >= 4 is 17.1 Å². The maximum atomic E-state index is 12.2. The molecule has 10 heteroatoms. The molecule has 3 N–H and O–H groups in total. The molecule has 2 unspecified atom stereocenters. The van der Waals surface area contributed by atoms with Gasteiger partial charge in [0.1, 0.15) is 18.3 Å². The Bertz CT molecular complexity index is 733. The van der Waals surface area contributed by atoms with Crippen LogP contribution < -0.4 is 14.6 Å². The van der Waals surface area contributed by atoms with Crippen molar-refractivity contribution in [3.63, 3.8) is 0 Å². The molecule has 0 spiro atoms. The Kier molecular flexibility index (Phi) is 3.84. The number of nitrogens with zero attached hydrogens (tertiary/aromatic N) is 5. The molecule has 23 heavy (non-hydrogen) atoms. The number of hydrogen-bond donors (Lipinski definition) is 3. The third-order valence-corrected chi connectivity index (χ3v) is 3.91. The second kappa shape index (κ2) is 5.57. The molecule has 0 radical (unpaired) electrons. The van der Waals surface area contributed by atoms with E-state index in [0.29, 0.717) is 0 Å². The second-order valence-corrected chi connectivity index (χ2v) is 5.76. The summed E-state index contributed by atoms with van der Waals surface area (Å²) in [5, 5.41) is 41.5. The highest BCUT2D eigenvalue weighted by Crippen LogP contribution is 2.28. The number of rotatable bonds is 3. The van der Waals surface area contributed by atoms with Crippen molar-refractivity contribution in [1.82, 2.24) is 14.5 Å². The van der Waals surface area contributed by atoms with Crippen LogP contribution in [0.15, 0.2) is 6.33 Å². The summed E-state index contributed by atoms with van der Waals surface area (Å²) in [6.07, 6.45) is -2.80. The van der Waals surface area contributed by atoms with Gasteiger partial charge in [-0.3, -0.25) is 4.57 Å². The maximum absolute atomic E-state index is 12.2. The smallest absolute Gasteiger partial charge is 0.309 e. The molecular formula is C13H19N5O5. The zero-order chi connectivity index (χ0) is 16.9. The van der Waals surface area contributed by atoms with Gasteiger partial charge in [0.15, 0.2) is 11.8 Å². The Balaban J connectivity index is 2.15. The lowest BCUT2D eigenvalue weighted by atomic mass is 10.1. The third-order valence-electron chi connectivity index (χ3n) is 3.91. The van der Waals surface area contributed by atoms with Gasteiger partial charge in [-0.25, -0.2) is 9.55 Å². The Morgan fingerprint density at radius 3 is 2.61 bits per heavy atom. The van der Waals surface area contributed by atoms with Gasteiger partial charge in [0.05, 0.1) is 13.7 Å². The first kappa shape index (κ1) is 15.9. The van der Waals surface area contributed by atoms with Crippen molar-refractivity contribution in [1.29, 1.82) is 0 Å². The summed E-state index contributed by atoms with van der Waals surface area (Å²) in [7, 11) is 5.07. The number of ether oxygens (including phenoxy) is 1. The minimum atomic E-state index is -1.25. The number of imidazole rings is 1. The van der Waals surface area contributed by atoms with Crippen molar-refractivity contribution in [2.24, 2.45) is 7.05 Å². The first-order valence-electron chi connectivity index (χ1n) is 7.10. The summed E-state index contributed by atoms with van der Waals surface area (Å²) < 4.78 is 8.51. The lowest BCUT2D eigenvalue weighted by molar-refractivity contribution is -0.745. The van der Waals surface area contributed by atoms with Gasteiger partial charge in [-0.15, -0.1) is 0 Å². The fourth-order valence-corrected chi connectivity index (χ4v) is 2.70. The Morgan fingerprint density at radius 2 is 2.04 bits per heavy atom. The van der Waals surface area contributed by atoms with Gasteiger partial charge in [0.25, 0.3) is 0 Å². The van der Waals surface area contributed by atoms with Crippen LogP contribution in [-0.2, 0) is 11.8 Å². The van der Waals surface area contributed by atoms with E-state index in [0.717, 1.165) is 0 Å². The number of anilines is 1. The normalized spacial score (nSPS) is 27.7. The van der Waals surface area contributed by atoms with Gasteiger partial charge in [0, 0.05) is 20.0 Å². The van der Waals surface area contributed by atoms with Gasteiger partial charge >= 0.3 is 11.6 Å². The molecule has 0 aliphatic carbocycles. The van der Waals surface area contributed by atoms with E-state index in [9.17, 15) is 20.4 Å². The molecule has 1 aliphatic heterocycles. The van der Waals surface area contributed by atoms with E-state index in [1.54, 1.807) is 32.4 Å². The number of aliphatic hydroxyl groups excluding tert-OH is 3. The molecule has 126 valence electrons. The molecule has 4 atom stereocenters. The lowest BCUT2D eigenvalue weighted by Crippen LogP contribution is -2.46. The monoisotopic (exact) mass is 325 g/mol. The summed E-state index contributed by atoms with van der Waals surface area (Å²) in [6, 6.07) is 0. The van der Waals surface area contributed by atoms with Crippen LogP contribution in [0.2, 0.25) is 0 Å². The molecule has 1 fully saturated rings. The average molecular weight is 325 g/mol. The summed E-state index contributed by atoms with van der Waals surface area (Å²) in [5.74, 6) is -0.221. The van der Waals surface area contributed by atoms with Crippen LogP contribution in [0.4, 0.5) is 5.95 Å². The zero-order valence-corrected chi connectivity index (χ0v) is 13.0. The third kappa shape index (κ3) is 2.39. The van der Waals surface area contributed by atoms with Gasteiger partial charge in [0.2, 0.25) is 6.23 Å². The van der Waals surface area contributed by atoms with Gasteiger partial charge in [-0.2, -0.15) is 0 Å². The molecule has 10 nitrogen and oxygen atoms in total. The second-order valence-electron chi connectivity index (χ2n) is 5.76. The molecule has 0 aromatic carbocycles. The highest BCUT2D eigenvalue weighted by atomic mass is 16.6. The molecule has 0 saturated carbocycles. The topological polar surface area (TPSA) is 131 Å². The van der Waals surface area contributed by atoms with Gasteiger partial charge in [-0.1, -0.05) is 4.98 Å². The molecule has 2 aromatic heterocycles. The summed E-state index contributed by atoms with van der Waals surface area (Å²) in [4.78, 5) is 9.82. The lowest BCUT2D eigenvalue weighted by Gasteiger charge is -2.13. The summed E-state index contributed by atoms with van der Waals surface area (Å²) in [6.45, 7) is -0.426. The van der Waals surface area contributed by atoms with E-state index in [-0.39, 0.29) is 17.1 Å². The maximum Gasteiger partial charge on any atom is 0.309 e. The van der Waals surface area contributed by atoms with Crippen molar-refractivity contribution in [2.75, 3.05) is 25.6 Å². The largest absolute Gasteiger partial charge is 0.856 e. The van der Waals surface area contributed by atoms with Crippen LogP contribution in [0.5, 0.6) is 5.88 Å². The molecule has 1 aliphatic rings. The Labute approximate surface area is 131 Å². The number of fused-ring (bicyclic) bond motifs is 1. The Hall–Kier alpha value is -2.01. The van der Waals surface area contributed by atoms with Crippen LogP contribution >= 0.6 is 0 Å². The molecule has 3 heterocycles. The van der Waals surface area contributed by atoms with E-state index in [4.69, 9.17) is 4.74 Å². The minimum Gasteiger partial charge on any atom is -0.856 e. The van der Waals surface area contributed by atoms with Crippen LogP contribution in [0, 0.1) is 0 Å². The fraction of sp³-hybridized carbons (Fsp3) is 0.615. The molecule has 0 bridgehead atoms. The predicted octanol–water partition coefficient (Wildman–Crippen LogP) is -2.99. The zero-order valence-electron chi connectivity index (χ0n) is 13.0. The molecule has 1 saturated heterocycles. The van der Waals surface area contributed by atoms with Crippen LogP contribution in [0.1, 0.15) is 6.23 Å². The minimum absolute atomic E-state index is 0.231. The van der Waals surface area contributed by atoms with Crippen molar-refractivity contribution in [3.05, 3.63) is 6.33 Å². The SMILES string of the molecule is CN(C)c1nc([O-])c2c(n1)[n+]([C@@H]1O[C@H](CO)C(O)C1O)cn2C. The first-order chi connectivity index (χ1) is 10.8. The highest BCUT2D eigenvalue weighted by molar-refractivity contribution is 5.74. The molecule has 3 rings (SSSR count). The number of aryl methyl sites for hydroxylation is 1. The van der Waals surface area contributed by atoms with Crippen LogP contribution in [0.25, 0.3) is 11.2 Å². The summed E-state index contributed by atoms with van der Waals surface area (Å²) >= 11 is 0. The van der Waals surface area contributed by atoms with Gasteiger partial charge in [-0.05, 0) is 0 Å². The first-order valence-corrected chi connectivity index (χ1v) is 7.10. The predicted molar refractivity (Wildman–Crippen MR) is 75.5 cm³/mol. The highest BCUT2D eigenvalue weighted by Gasteiger charge is 2.46. The van der Waals surface area contributed by atoms with Crippen molar-refractivity contribution < 1.29 is 29.7 Å². The quantitative estimate of drug-likeness (QED) is 0.509. The van der Waals surface area contributed by atoms with Crippen LogP contribution in [-0.4, -0.2) is 68.9 Å². The Morgan fingerprint density at radius 1 is 1.35 bits per heavy atom. The average Bonchev–Trinajstić information content (AvgIpc) is 2.98. The molecule has 2 aromatic rings. The van der Waals surface area contributed by atoms with Crippen LogP contribution in [0.3, 0.4) is 0 Å². The van der Waals surface area contributed by atoms with Gasteiger partial charge < -0.3 is 30.1 Å². The van der Waals surface area contributed by atoms with E-state index >= 15 is 0 Å². The number of aromatic nitrogens is 4. The molecule has 0 amide bonds.